The Morgan fingerprint density at radius 3 is 2.95 bits per heavy atom. The molecule has 4 heteroatoms. The van der Waals surface area contributed by atoms with Gasteiger partial charge < -0.3 is 15.2 Å². The Balaban J connectivity index is 1.65. The molecule has 1 spiro atoms. The van der Waals surface area contributed by atoms with Gasteiger partial charge in [-0.2, -0.15) is 0 Å². The van der Waals surface area contributed by atoms with E-state index < -0.39 is 0 Å². The summed E-state index contributed by atoms with van der Waals surface area (Å²) in [4.78, 5) is 2.41. The predicted molar refractivity (Wildman–Crippen MR) is 79.5 cm³/mol. The summed E-state index contributed by atoms with van der Waals surface area (Å²) in [5.74, 6) is 0. The number of hydrogen-bond acceptors (Lipinski definition) is 4. The van der Waals surface area contributed by atoms with E-state index in [9.17, 15) is 0 Å². The van der Waals surface area contributed by atoms with Crippen molar-refractivity contribution in [3.8, 4) is 0 Å². The Bertz CT molecular complexity index is 458. The van der Waals surface area contributed by atoms with Crippen molar-refractivity contribution in [2.45, 2.75) is 37.5 Å². The molecule has 0 aromatic heterocycles. The van der Waals surface area contributed by atoms with Crippen LogP contribution in [0.15, 0.2) is 24.3 Å². The van der Waals surface area contributed by atoms with Crippen LogP contribution in [0.5, 0.6) is 0 Å². The largest absolute Gasteiger partial charge is 0.398 e. The van der Waals surface area contributed by atoms with Gasteiger partial charge in [-0.05, 0) is 31.5 Å². The minimum absolute atomic E-state index is 0.0284. The van der Waals surface area contributed by atoms with E-state index in [0.717, 1.165) is 51.3 Å². The first-order chi connectivity index (χ1) is 9.69. The van der Waals surface area contributed by atoms with Crippen LogP contribution < -0.4 is 5.73 Å². The molecule has 0 amide bonds. The zero-order valence-electron chi connectivity index (χ0n) is 12.2. The van der Waals surface area contributed by atoms with Gasteiger partial charge in [-0.15, -0.1) is 0 Å². The highest BCUT2D eigenvalue weighted by Gasteiger charge is 2.41. The lowest BCUT2D eigenvalue weighted by atomic mass is 9.89. The van der Waals surface area contributed by atoms with E-state index in [0.29, 0.717) is 6.04 Å². The van der Waals surface area contributed by atoms with Crippen molar-refractivity contribution < 1.29 is 9.47 Å². The number of para-hydroxylation sites is 1. The third kappa shape index (κ3) is 2.82. The standard InChI is InChI=1S/C16H24N2O2/c1-18(11-13-4-2-3-5-15(13)17)14-6-8-20-16(10-14)7-9-19-12-16/h2-5,14H,6-12,17H2,1H3. The fourth-order valence-corrected chi connectivity index (χ4v) is 3.32. The highest BCUT2D eigenvalue weighted by Crippen LogP contribution is 2.34. The molecule has 0 saturated carbocycles. The van der Waals surface area contributed by atoms with Gasteiger partial charge >= 0.3 is 0 Å². The summed E-state index contributed by atoms with van der Waals surface area (Å²) >= 11 is 0. The Kier molecular flexibility index (Phi) is 3.96. The number of benzene rings is 1. The summed E-state index contributed by atoms with van der Waals surface area (Å²) in [6, 6.07) is 8.66. The number of hydrogen-bond donors (Lipinski definition) is 1. The molecule has 0 aliphatic carbocycles. The van der Waals surface area contributed by atoms with Gasteiger partial charge in [-0.3, -0.25) is 4.90 Å². The summed E-state index contributed by atoms with van der Waals surface area (Å²) < 4.78 is 11.5. The average molecular weight is 276 g/mol. The van der Waals surface area contributed by atoms with Crippen molar-refractivity contribution in [1.82, 2.24) is 4.90 Å². The van der Waals surface area contributed by atoms with E-state index in [1.54, 1.807) is 0 Å². The molecule has 0 bridgehead atoms. The van der Waals surface area contributed by atoms with Crippen LogP contribution in [-0.2, 0) is 16.0 Å². The van der Waals surface area contributed by atoms with Crippen LogP contribution in [-0.4, -0.2) is 43.4 Å². The average Bonchev–Trinajstić information content (AvgIpc) is 2.89. The first kappa shape index (κ1) is 13.9. The summed E-state index contributed by atoms with van der Waals surface area (Å²) in [5, 5.41) is 0. The molecule has 4 nitrogen and oxygen atoms in total. The zero-order valence-corrected chi connectivity index (χ0v) is 12.2. The number of nitrogens with zero attached hydrogens (tertiary/aromatic N) is 1. The monoisotopic (exact) mass is 276 g/mol. The molecule has 1 aromatic rings. The van der Waals surface area contributed by atoms with E-state index in [-0.39, 0.29) is 5.60 Å². The van der Waals surface area contributed by atoms with Gasteiger partial charge in [0.05, 0.1) is 12.2 Å². The molecule has 2 atom stereocenters. The Labute approximate surface area is 120 Å². The lowest BCUT2D eigenvalue weighted by Gasteiger charge is -2.41. The fourth-order valence-electron chi connectivity index (χ4n) is 3.32. The van der Waals surface area contributed by atoms with Gasteiger partial charge in [-0.25, -0.2) is 0 Å². The van der Waals surface area contributed by atoms with Crippen LogP contribution in [0.25, 0.3) is 0 Å². The highest BCUT2D eigenvalue weighted by molar-refractivity contribution is 5.46. The zero-order chi connectivity index (χ0) is 14.0. The highest BCUT2D eigenvalue weighted by atomic mass is 16.6. The van der Waals surface area contributed by atoms with Gasteiger partial charge in [0, 0.05) is 37.9 Å². The molecule has 20 heavy (non-hydrogen) atoms. The lowest BCUT2D eigenvalue weighted by Crippen LogP contribution is -2.47. The lowest BCUT2D eigenvalue weighted by molar-refractivity contribution is -0.104. The first-order valence-electron chi connectivity index (χ1n) is 7.44. The Morgan fingerprint density at radius 1 is 1.35 bits per heavy atom. The van der Waals surface area contributed by atoms with E-state index in [4.69, 9.17) is 15.2 Å². The maximum Gasteiger partial charge on any atom is 0.0951 e. The van der Waals surface area contributed by atoms with Crippen LogP contribution in [0.4, 0.5) is 5.69 Å². The molecule has 1 aromatic carbocycles. The SMILES string of the molecule is CN(Cc1ccccc1N)C1CCOC2(CCOC2)C1. The van der Waals surface area contributed by atoms with E-state index in [1.807, 2.05) is 12.1 Å². The summed E-state index contributed by atoms with van der Waals surface area (Å²) in [6.45, 7) is 3.32. The Hall–Kier alpha value is -1.10. The van der Waals surface area contributed by atoms with Crippen LogP contribution in [0.2, 0.25) is 0 Å². The maximum absolute atomic E-state index is 6.04. The van der Waals surface area contributed by atoms with Crippen molar-refractivity contribution in [1.29, 1.82) is 0 Å². The topological polar surface area (TPSA) is 47.7 Å². The molecular formula is C16H24N2O2. The summed E-state index contributed by atoms with van der Waals surface area (Å²) in [6.07, 6.45) is 3.19. The number of anilines is 1. The number of ether oxygens (including phenoxy) is 2. The van der Waals surface area contributed by atoms with E-state index in [2.05, 4.69) is 24.1 Å². The van der Waals surface area contributed by atoms with Gasteiger partial charge in [-0.1, -0.05) is 18.2 Å². The minimum Gasteiger partial charge on any atom is -0.398 e. The molecule has 2 unspecified atom stereocenters. The number of nitrogen functional groups attached to an aromatic ring is 1. The van der Waals surface area contributed by atoms with Crippen molar-refractivity contribution >= 4 is 5.69 Å². The quantitative estimate of drug-likeness (QED) is 0.858. The molecular weight excluding hydrogens is 252 g/mol. The molecule has 2 aliphatic rings. The van der Waals surface area contributed by atoms with Crippen LogP contribution >= 0.6 is 0 Å². The van der Waals surface area contributed by atoms with Crippen molar-refractivity contribution in [3.63, 3.8) is 0 Å². The van der Waals surface area contributed by atoms with E-state index in [1.165, 1.54) is 5.56 Å². The third-order valence-electron chi connectivity index (χ3n) is 4.63. The number of rotatable bonds is 3. The molecule has 3 rings (SSSR count). The predicted octanol–water partition coefficient (Wildman–Crippen LogP) is 2.04. The van der Waals surface area contributed by atoms with Crippen LogP contribution in [0.1, 0.15) is 24.8 Å². The second-order valence-electron chi connectivity index (χ2n) is 6.09. The second kappa shape index (κ2) is 5.72. The van der Waals surface area contributed by atoms with Crippen molar-refractivity contribution in [2.24, 2.45) is 0 Å². The van der Waals surface area contributed by atoms with Crippen molar-refractivity contribution in [2.75, 3.05) is 32.6 Å². The van der Waals surface area contributed by atoms with Crippen LogP contribution in [0.3, 0.4) is 0 Å². The van der Waals surface area contributed by atoms with Gasteiger partial charge in [0.15, 0.2) is 0 Å². The fraction of sp³-hybridized carbons (Fsp3) is 0.625. The normalized spacial score (nSPS) is 30.2. The van der Waals surface area contributed by atoms with E-state index >= 15 is 0 Å². The molecule has 2 heterocycles. The van der Waals surface area contributed by atoms with Gasteiger partial charge in [0.25, 0.3) is 0 Å². The first-order valence-corrected chi connectivity index (χ1v) is 7.44. The molecule has 0 radical (unpaired) electrons. The molecule has 2 aliphatic heterocycles. The maximum atomic E-state index is 6.04. The molecule has 2 saturated heterocycles. The summed E-state index contributed by atoms with van der Waals surface area (Å²) in [7, 11) is 2.19. The molecule has 110 valence electrons. The smallest absolute Gasteiger partial charge is 0.0951 e. The number of nitrogens with two attached hydrogens (primary N) is 1. The second-order valence-corrected chi connectivity index (χ2v) is 6.09. The third-order valence-corrected chi connectivity index (χ3v) is 4.63. The molecule has 2 N–H and O–H groups in total. The summed E-state index contributed by atoms with van der Waals surface area (Å²) in [5.41, 5.74) is 8.10. The molecule has 2 fully saturated rings. The Morgan fingerprint density at radius 2 is 2.20 bits per heavy atom. The minimum atomic E-state index is -0.0284. The van der Waals surface area contributed by atoms with Crippen LogP contribution in [0, 0.1) is 0 Å². The van der Waals surface area contributed by atoms with Crippen molar-refractivity contribution in [3.05, 3.63) is 29.8 Å². The van der Waals surface area contributed by atoms with Gasteiger partial charge in [0.2, 0.25) is 0 Å². The van der Waals surface area contributed by atoms with Gasteiger partial charge in [0.1, 0.15) is 0 Å².